The van der Waals surface area contributed by atoms with Crippen LogP contribution in [0, 0.1) is 11.3 Å². The van der Waals surface area contributed by atoms with E-state index in [9.17, 15) is 10.1 Å². The molecule has 1 amide bonds. The predicted molar refractivity (Wildman–Crippen MR) is 114 cm³/mol. The number of carbonyl (C=O) groups excluding carboxylic acids is 1. The topological polar surface area (TPSA) is 52.9 Å². The van der Waals surface area contributed by atoms with Crippen molar-refractivity contribution in [3.8, 4) is 6.07 Å². The van der Waals surface area contributed by atoms with Gasteiger partial charge in [-0.15, -0.1) is 0 Å². The maximum absolute atomic E-state index is 12.5. The molecule has 0 aliphatic rings. The fourth-order valence-electron chi connectivity index (χ4n) is 2.67. The minimum Gasteiger partial charge on any atom is -0.345 e. The quantitative estimate of drug-likeness (QED) is 0.443. The van der Waals surface area contributed by atoms with Crippen molar-refractivity contribution in [3.05, 3.63) is 102 Å². The fourth-order valence-corrected chi connectivity index (χ4v) is 3.51. The summed E-state index contributed by atoms with van der Waals surface area (Å²) in [6.07, 6.45) is 1.62. The van der Waals surface area contributed by atoms with Crippen LogP contribution in [0.3, 0.4) is 0 Å². The van der Waals surface area contributed by atoms with Crippen LogP contribution in [0.1, 0.15) is 24.1 Å². The van der Waals surface area contributed by atoms with E-state index in [2.05, 4.69) is 17.4 Å². The van der Waals surface area contributed by atoms with Crippen molar-refractivity contribution in [2.45, 2.75) is 22.8 Å². The van der Waals surface area contributed by atoms with E-state index in [1.807, 2.05) is 85.8 Å². The Balaban J connectivity index is 1.68. The van der Waals surface area contributed by atoms with Crippen LogP contribution in [0.15, 0.2) is 100 Å². The number of hydrogen-bond donors (Lipinski definition) is 1. The van der Waals surface area contributed by atoms with Crippen LogP contribution in [0.2, 0.25) is 0 Å². The molecule has 4 heteroatoms. The molecule has 0 heterocycles. The van der Waals surface area contributed by atoms with E-state index >= 15 is 0 Å². The minimum atomic E-state index is -0.374. The van der Waals surface area contributed by atoms with Gasteiger partial charge in [-0.2, -0.15) is 5.26 Å². The van der Waals surface area contributed by atoms with Crippen LogP contribution in [-0.4, -0.2) is 5.91 Å². The Morgan fingerprint density at radius 1 is 0.929 bits per heavy atom. The van der Waals surface area contributed by atoms with Gasteiger partial charge in [0, 0.05) is 9.79 Å². The predicted octanol–water partition coefficient (Wildman–Crippen LogP) is 5.62. The normalized spacial score (nSPS) is 12.1. The van der Waals surface area contributed by atoms with Crippen LogP contribution >= 0.6 is 11.8 Å². The number of nitrogens with zero attached hydrogens (tertiary/aromatic N) is 1. The Bertz CT molecular complexity index is 990. The number of amides is 1. The first-order valence-electron chi connectivity index (χ1n) is 8.96. The van der Waals surface area contributed by atoms with Crippen LogP contribution in [0.5, 0.6) is 0 Å². The van der Waals surface area contributed by atoms with Gasteiger partial charge in [-0.1, -0.05) is 72.4 Å². The van der Waals surface area contributed by atoms with Gasteiger partial charge in [0.2, 0.25) is 0 Å². The second-order valence-corrected chi connectivity index (χ2v) is 7.41. The molecule has 0 aliphatic carbocycles. The monoisotopic (exact) mass is 384 g/mol. The van der Waals surface area contributed by atoms with E-state index in [4.69, 9.17) is 0 Å². The van der Waals surface area contributed by atoms with Crippen molar-refractivity contribution in [1.82, 2.24) is 5.32 Å². The summed E-state index contributed by atoms with van der Waals surface area (Å²) in [5, 5.41) is 12.3. The van der Waals surface area contributed by atoms with Crippen molar-refractivity contribution in [1.29, 1.82) is 5.26 Å². The van der Waals surface area contributed by atoms with Gasteiger partial charge >= 0.3 is 0 Å². The summed E-state index contributed by atoms with van der Waals surface area (Å²) in [4.78, 5) is 14.7. The molecule has 0 unspecified atom stereocenters. The number of nitriles is 1. The zero-order chi connectivity index (χ0) is 19.8. The van der Waals surface area contributed by atoms with Gasteiger partial charge in [-0.05, 0) is 48.4 Å². The standard InChI is InChI=1S/C24H20N2OS/c1-18(20-8-4-2-5-9-20)26-24(27)21(17-25)16-19-12-14-23(15-13-19)28-22-10-6-3-7-11-22/h2-16,18H,1H3,(H,26,27)/b21-16-/t18-/m1/s1. The first-order chi connectivity index (χ1) is 13.7. The molecular formula is C24H20N2OS. The van der Waals surface area contributed by atoms with Crippen molar-refractivity contribution >= 4 is 23.7 Å². The molecule has 0 fully saturated rings. The SMILES string of the molecule is C[C@@H](NC(=O)/C(C#N)=C\c1ccc(Sc2ccccc2)cc1)c1ccccc1. The van der Waals surface area contributed by atoms with Crippen LogP contribution in [0.25, 0.3) is 6.08 Å². The van der Waals surface area contributed by atoms with Gasteiger partial charge in [-0.25, -0.2) is 0 Å². The molecule has 0 saturated carbocycles. The third-order valence-corrected chi connectivity index (χ3v) is 5.20. The third-order valence-electron chi connectivity index (χ3n) is 4.18. The zero-order valence-corrected chi connectivity index (χ0v) is 16.3. The fraction of sp³-hybridized carbons (Fsp3) is 0.0833. The Labute approximate surface area is 169 Å². The number of nitrogens with one attached hydrogen (secondary N) is 1. The van der Waals surface area contributed by atoms with E-state index in [0.717, 1.165) is 20.9 Å². The maximum atomic E-state index is 12.5. The van der Waals surface area contributed by atoms with E-state index in [1.54, 1.807) is 17.8 Å². The number of carbonyl (C=O) groups is 1. The Hall–Kier alpha value is -3.29. The average Bonchev–Trinajstić information content (AvgIpc) is 2.74. The second kappa shape index (κ2) is 9.59. The highest BCUT2D eigenvalue weighted by Crippen LogP contribution is 2.27. The number of benzene rings is 3. The third kappa shape index (κ3) is 5.35. The molecule has 0 aromatic heterocycles. The zero-order valence-electron chi connectivity index (χ0n) is 15.5. The average molecular weight is 385 g/mol. The van der Waals surface area contributed by atoms with Gasteiger partial charge in [0.15, 0.2) is 0 Å². The van der Waals surface area contributed by atoms with Crippen LogP contribution in [-0.2, 0) is 4.79 Å². The van der Waals surface area contributed by atoms with Gasteiger partial charge in [0.05, 0.1) is 6.04 Å². The lowest BCUT2D eigenvalue weighted by Crippen LogP contribution is -2.27. The van der Waals surface area contributed by atoms with Crippen LogP contribution < -0.4 is 5.32 Å². The van der Waals surface area contributed by atoms with Gasteiger partial charge in [0.1, 0.15) is 11.6 Å². The first-order valence-corrected chi connectivity index (χ1v) is 9.78. The molecule has 138 valence electrons. The largest absolute Gasteiger partial charge is 0.345 e. The van der Waals surface area contributed by atoms with Crippen molar-refractivity contribution in [2.75, 3.05) is 0 Å². The molecule has 0 aliphatic heterocycles. The first kappa shape index (κ1) is 19.5. The van der Waals surface area contributed by atoms with E-state index < -0.39 is 0 Å². The molecule has 0 radical (unpaired) electrons. The molecule has 3 aromatic carbocycles. The highest BCUT2D eigenvalue weighted by Gasteiger charge is 2.13. The molecule has 0 spiro atoms. The smallest absolute Gasteiger partial charge is 0.262 e. The summed E-state index contributed by atoms with van der Waals surface area (Å²) >= 11 is 1.67. The van der Waals surface area contributed by atoms with E-state index in [-0.39, 0.29) is 17.5 Å². The van der Waals surface area contributed by atoms with Crippen LogP contribution in [0.4, 0.5) is 0 Å². The molecule has 3 nitrogen and oxygen atoms in total. The summed E-state index contributed by atoms with van der Waals surface area (Å²) in [5.41, 5.74) is 1.90. The Morgan fingerprint density at radius 2 is 1.50 bits per heavy atom. The van der Waals surface area contributed by atoms with Crippen molar-refractivity contribution < 1.29 is 4.79 Å². The highest BCUT2D eigenvalue weighted by molar-refractivity contribution is 7.99. The molecule has 0 bridgehead atoms. The second-order valence-electron chi connectivity index (χ2n) is 6.26. The molecule has 3 aromatic rings. The number of rotatable bonds is 6. The molecule has 28 heavy (non-hydrogen) atoms. The van der Waals surface area contributed by atoms with E-state index in [0.29, 0.717) is 0 Å². The van der Waals surface area contributed by atoms with Gasteiger partial charge < -0.3 is 5.32 Å². The summed E-state index contributed by atoms with van der Waals surface area (Å²) in [6.45, 7) is 1.90. The summed E-state index contributed by atoms with van der Waals surface area (Å²) in [7, 11) is 0. The Kier molecular flexibility index (Phi) is 6.67. The molecule has 1 atom stereocenters. The molecule has 0 saturated heterocycles. The maximum Gasteiger partial charge on any atom is 0.262 e. The van der Waals surface area contributed by atoms with Crippen molar-refractivity contribution in [3.63, 3.8) is 0 Å². The Morgan fingerprint density at radius 3 is 2.11 bits per heavy atom. The molecule has 1 N–H and O–H groups in total. The molecule has 3 rings (SSSR count). The lowest BCUT2D eigenvalue weighted by Gasteiger charge is -2.13. The van der Waals surface area contributed by atoms with Gasteiger partial charge in [0.25, 0.3) is 5.91 Å². The summed E-state index contributed by atoms with van der Waals surface area (Å²) < 4.78 is 0. The summed E-state index contributed by atoms with van der Waals surface area (Å²) in [6, 6.07) is 29.4. The van der Waals surface area contributed by atoms with E-state index in [1.165, 1.54) is 0 Å². The number of hydrogen-bond acceptors (Lipinski definition) is 3. The van der Waals surface area contributed by atoms with Crippen molar-refractivity contribution in [2.24, 2.45) is 0 Å². The lowest BCUT2D eigenvalue weighted by molar-refractivity contribution is -0.117. The molecular weight excluding hydrogens is 364 g/mol. The highest BCUT2D eigenvalue weighted by atomic mass is 32.2. The minimum absolute atomic E-state index is 0.0891. The van der Waals surface area contributed by atoms with Gasteiger partial charge in [-0.3, -0.25) is 4.79 Å². The lowest BCUT2D eigenvalue weighted by atomic mass is 10.1. The summed E-state index contributed by atoms with van der Waals surface area (Å²) in [5.74, 6) is -0.374.